The van der Waals surface area contributed by atoms with Crippen LogP contribution in [-0.2, 0) is 46.6 Å². The summed E-state index contributed by atoms with van der Waals surface area (Å²) in [4.78, 5) is 25.3. The van der Waals surface area contributed by atoms with E-state index in [0.717, 1.165) is 6.07 Å². The highest BCUT2D eigenvalue weighted by Gasteiger charge is 2.49. The average molecular weight is 717 g/mol. The Morgan fingerprint density at radius 2 is 0.787 bits per heavy atom. The van der Waals surface area contributed by atoms with Gasteiger partial charge in [-0.15, -0.1) is 0 Å². The van der Waals surface area contributed by atoms with Crippen molar-refractivity contribution in [1.29, 1.82) is 5.26 Å². The highest BCUT2D eigenvalue weighted by Crippen LogP contribution is 2.49. The number of carbonyl (C=O) groups excluding carboxylic acids is 2. The number of rotatable bonds is 6. The number of alkyl halides is 18. The molecule has 0 fully saturated rings. The Morgan fingerprint density at radius 1 is 0.532 bits per heavy atom. The van der Waals surface area contributed by atoms with Gasteiger partial charge in [-0.1, -0.05) is 0 Å². The summed E-state index contributed by atoms with van der Waals surface area (Å²) >= 11 is 0. The molecular formula is C24H9F18NO4. The molecule has 0 radical (unpaired) electrons. The molecule has 5 nitrogen and oxygen atoms in total. The summed E-state index contributed by atoms with van der Waals surface area (Å²) in [5.41, 5.74) is -16.9. The summed E-state index contributed by atoms with van der Waals surface area (Å²) in [5, 5.41) is 8.71. The van der Waals surface area contributed by atoms with Gasteiger partial charge in [-0.25, -0.2) is 0 Å². The van der Waals surface area contributed by atoms with E-state index in [1.165, 1.54) is 0 Å². The summed E-state index contributed by atoms with van der Waals surface area (Å²) < 4.78 is 249. The summed E-state index contributed by atoms with van der Waals surface area (Å²) in [5.74, 6) is -14.1. The van der Waals surface area contributed by atoms with Crippen LogP contribution in [-0.4, -0.2) is 11.9 Å². The molecular weight excluding hydrogens is 708 g/mol. The third kappa shape index (κ3) is 9.34. The Bertz CT molecular complexity index is 1380. The second kappa shape index (κ2) is 12.7. The first-order chi connectivity index (χ1) is 20.9. The van der Waals surface area contributed by atoms with E-state index in [2.05, 4.69) is 9.47 Å². The minimum absolute atomic E-state index is 0.964. The van der Waals surface area contributed by atoms with E-state index in [0.29, 0.717) is 0 Å². The fourth-order valence-electron chi connectivity index (χ4n) is 3.53. The van der Waals surface area contributed by atoms with E-state index >= 15 is 0 Å². The smallest absolute Gasteiger partial charge is 0.420 e. The SMILES string of the molecule is N#CCCC(C(=O)Oc1c(C(F)(F)F)cc(C(F)(F)F)cc1C(F)(F)F)C(=O)Oc1c(C(F)(F)F)cc(C(F)(F)F)cc1C(F)(F)F. The Labute approximate surface area is 247 Å². The van der Waals surface area contributed by atoms with Crippen LogP contribution in [0.3, 0.4) is 0 Å². The van der Waals surface area contributed by atoms with Gasteiger partial charge in [0, 0.05) is 6.42 Å². The molecule has 2 aromatic rings. The quantitative estimate of drug-likeness (QED) is 0.129. The zero-order valence-electron chi connectivity index (χ0n) is 21.7. The van der Waals surface area contributed by atoms with Gasteiger partial charge < -0.3 is 9.47 Å². The van der Waals surface area contributed by atoms with Crippen molar-refractivity contribution >= 4 is 11.9 Å². The Morgan fingerprint density at radius 3 is 0.979 bits per heavy atom. The molecule has 23 heteroatoms. The molecule has 0 aliphatic rings. The van der Waals surface area contributed by atoms with E-state index in [-0.39, 0.29) is 0 Å². The van der Waals surface area contributed by atoms with Crippen LogP contribution in [0.1, 0.15) is 46.2 Å². The van der Waals surface area contributed by atoms with Gasteiger partial charge in [0.1, 0.15) is 0 Å². The number of nitrogens with zero attached hydrogens (tertiary/aromatic N) is 1. The molecule has 0 saturated carbocycles. The molecule has 0 heterocycles. The molecule has 47 heavy (non-hydrogen) atoms. The minimum Gasteiger partial charge on any atom is -0.425 e. The normalized spacial score (nSPS) is 13.4. The topological polar surface area (TPSA) is 76.4 Å². The second-order valence-corrected chi connectivity index (χ2v) is 8.88. The van der Waals surface area contributed by atoms with Crippen molar-refractivity contribution in [3.63, 3.8) is 0 Å². The average Bonchev–Trinajstić information content (AvgIpc) is 2.85. The predicted molar refractivity (Wildman–Crippen MR) is 113 cm³/mol. The number of ether oxygens (including phenoxy) is 2. The number of benzene rings is 2. The molecule has 0 aromatic heterocycles. The van der Waals surface area contributed by atoms with E-state index in [9.17, 15) is 88.6 Å². The Kier molecular flexibility index (Phi) is 10.5. The molecule has 0 aliphatic heterocycles. The van der Waals surface area contributed by atoms with Gasteiger partial charge in [-0.2, -0.15) is 84.3 Å². The minimum atomic E-state index is -6.19. The van der Waals surface area contributed by atoms with Crippen molar-refractivity contribution in [1.82, 2.24) is 0 Å². The van der Waals surface area contributed by atoms with Crippen molar-refractivity contribution in [3.8, 4) is 17.6 Å². The first kappa shape index (κ1) is 38.8. The van der Waals surface area contributed by atoms with E-state index < -0.39 is 137 Å². The molecule has 0 unspecified atom stereocenters. The largest absolute Gasteiger partial charge is 0.425 e. The highest BCUT2D eigenvalue weighted by atomic mass is 19.4. The van der Waals surface area contributed by atoms with Gasteiger partial charge in [0.05, 0.1) is 39.4 Å². The van der Waals surface area contributed by atoms with Crippen LogP contribution >= 0.6 is 0 Å². The summed E-state index contributed by atoms with van der Waals surface area (Å²) in [6, 6.07) is -2.72. The van der Waals surface area contributed by atoms with Crippen molar-refractivity contribution in [2.45, 2.75) is 49.9 Å². The molecule has 2 aromatic carbocycles. The van der Waals surface area contributed by atoms with Gasteiger partial charge >= 0.3 is 49.0 Å². The maximum Gasteiger partial charge on any atom is 0.420 e. The van der Waals surface area contributed by atoms with Crippen molar-refractivity contribution < 1.29 is 98.1 Å². The van der Waals surface area contributed by atoms with E-state index in [1.54, 1.807) is 0 Å². The van der Waals surface area contributed by atoms with Crippen LogP contribution in [0.25, 0.3) is 0 Å². The van der Waals surface area contributed by atoms with Crippen LogP contribution in [0.15, 0.2) is 24.3 Å². The number of carbonyl (C=O) groups is 2. The van der Waals surface area contributed by atoms with E-state index in [1.807, 2.05) is 0 Å². The van der Waals surface area contributed by atoms with E-state index in [4.69, 9.17) is 5.26 Å². The number of hydrogen-bond acceptors (Lipinski definition) is 5. The monoisotopic (exact) mass is 717 g/mol. The molecule has 0 bridgehead atoms. The lowest BCUT2D eigenvalue weighted by molar-refractivity contribution is -0.156. The molecule has 0 spiro atoms. The summed E-state index contributed by atoms with van der Waals surface area (Å²) in [6.45, 7) is 0. The van der Waals surface area contributed by atoms with Crippen LogP contribution in [0.4, 0.5) is 79.0 Å². The third-order valence-electron chi connectivity index (χ3n) is 5.57. The lowest BCUT2D eigenvalue weighted by Crippen LogP contribution is -2.34. The molecule has 0 aliphatic carbocycles. The van der Waals surface area contributed by atoms with Gasteiger partial charge in [0.2, 0.25) is 0 Å². The van der Waals surface area contributed by atoms with Crippen LogP contribution in [0, 0.1) is 17.2 Å². The molecule has 0 saturated heterocycles. The number of hydrogen-bond donors (Lipinski definition) is 0. The maximum absolute atomic E-state index is 13.6. The van der Waals surface area contributed by atoms with Crippen molar-refractivity contribution in [2.24, 2.45) is 5.92 Å². The third-order valence-corrected chi connectivity index (χ3v) is 5.57. The molecule has 2 rings (SSSR count). The number of halogens is 18. The maximum atomic E-state index is 13.6. The predicted octanol–water partition coefficient (Wildman–Crippen LogP) is 9.23. The first-order valence-electron chi connectivity index (χ1n) is 11.5. The van der Waals surface area contributed by atoms with Crippen LogP contribution in [0.2, 0.25) is 0 Å². The molecule has 0 amide bonds. The fourth-order valence-corrected chi connectivity index (χ4v) is 3.53. The van der Waals surface area contributed by atoms with Crippen molar-refractivity contribution in [3.05, 3.63) is 57.6 Å². The van der Waals surface area contributed by atoms with Gasteiger partial charge in [-0.3, -0.25) is 9.59 Å². The van der Waals surface area contributed by atoms with Gasteiger partial charge in [-0.05, 0) is 30.7 Å². The van der Waals surface area contributed by atoms with Gasteiger partial charge in [0.15, 0.2) is 17.4 Å². The lowest BCUT2D eigenvalue weighted by Gasteiger charge is -2.23. The standard InChI is InChI=1S/C24H9F18NO4/c25-19(26,27)8-4-11(21(31,32)33)15(12(5-8)22(34,35)36)46-17(44)10(2-1-3-43)18(45)47-16-13(23(37,38)39)6-9(20(28,29)30)7-14(16)24(40,41)42/h4-7,10H,1-2H2. The molecule has 260 valence electrons. The molecule has 0 N–H and O–H groups in total. The number of esters is 2. The Hall–Kier alpha value is -4.39. The highest BCUT2D eigenvalue weighted by molar-refractivity contribution is 5.97. The number of nitriles is 1. The first-order valence-corrected chi connectivity index (χ1v) is 11.5. The van der Waals surface area contributed by atoms with Crippen molar-refractivity contribution in [2.75, 3.05) is 0 Å². The van der Waals surface area contributed by atoms with Gasteiger partial charge in [0.25, 0.3) is 0 Å². The summed E-state index contributed by atoms with van der Waals surface area (Å²) in [7, 11) is 0. The fraction of sp³-hybridized carbons (Fsp3) is 0.375. The zero-order chi connectivity index (χ0) is 36.7. The zero-order valence-corrected chi connectivity index (χ0v) is 21.7. The lowest BCUT2D eigenvalue weighted by atomic mass is 10.0. The van der Waals surface area contributed by atoms with Crippen LogP contribution in [0.5, 0.6) is 11.5 Å². The second-order valence-electron chi connectivity index (χ2n) is 8.88. The summed E-state index contributed by atoms with van der Waals surface area (Å²) in [6.07, 6.45) is -39.2. The molecule has 0 atom stereocenters. The van der Waals surface area contributed by atoms with Crippen LogP contribution < -0.4 is 9.47 Å². The Balaban J connectivity index is 2.80.